The summed E-state index contributed by atoms with van der Waals surface area (Å²) in [5, 5.41) is 2.51. The molecule has 0 atom stereocenters. The van der Waals surface area contributed by atoms with Gasteiger partial charge >= 0.3 is 6.09 Å². The lowest BCUT2D eigenvalue weighted by molar-refractivity contribution is 0.0636. The zero-order valence-corrected chi connectivity index (χ0v) is 13.1. The Morgan fingerprint density at radius 1 is 1.25 bits per heavy atom. The molecule has 1 rings (SSSR count). The Labute approximate surface area is 119 Å². The minimum atomic E-state index is -3.53. The van der Waals surface area contributed by atoms with E-state index in [0.717, 1.165) is 4.31 Å². The van der Waals surface area contributed by atoms with Crippen molar-refractivity contribution in [2.45, 2.75) is 31.3 Å². The number of benzene rings is 1. The van der Waals surface area contributed by atoms with Crippen molar-refractivity contribution in [1.29, 1.82) is 0 Å². The topological polar surface area (TPSA) is 75.7 Å². The highest BCUT2D eigenvalue weighted by atomic mass is 32.2. The average molecular weight is 300 g/mol. The number of ether oxygens (including phenoxy) is 1. The molecule has 0 heterocycles. The van der Waals surface area contributed by atoms with Crippen LogP contribution in [0.1, 0.15) is 20.8 Å². The molecule has 0 fully saturated rings. The lowest BCUT2D eigenvalue weighted by Crippen LogP contribution is -2.27. The number of anilines is 1. The van der Waals surface area contributed by atoms with Gasteiger partial charge in [0, 0.05) is 19.8 Å². The molecular formula is C13H20N2O4S. The fourth-order valence-corrected chi connectivity index (χ4v) is 2.31. The van der Waals surface area contributed by atoms with Crippen molar-refractivity contribution in [2.75, 3.05) is 19.4 Å². The van der Waals surface area contributed by atoms with Crippen molar-refractivity contribution in [2.24, 2.45) is 0 Å². The van der Waals surface area contributed by atoms with E-state index in [-0.39, 0.29) is 4.90 Å². The Morgan fingerprint density at radius 3 is 2.35 bits per heavy atom. The fourth-order valence-electron chi connectivity index (χ4n) is 1.37. The molecule has 0 radical (unpaired) electrons. The van der Waals surface area contributed by atoms with Crippen LogP contribution >= 0.6 is 0 Å². The first-order chi connectivity index (χ1) is 9.02. The van der Waals surface area contributed by atoms with E-state index in [9.17, 15) is 13.2 Å². The molecule has 1 amide bonds. The van der Waals surface area contributed by atoms with Crippen molar-refractivity contribution in [3.8, 4) is 0 Å². The standard InChI is InChI=1S/C13H20N2O4S/c1-13(2,3)19-12(16)14-10-7-6-8-11(9-10)20(17,18)15(4)5/h6-9H,1-5H3,(H,14,16). The van der Waals surface area contributed by atoms with Gasteiger partial charge in [-0.3, -0.25) is 5.32 Å². The van der Waals surface area contributed by atoms with Gasteiger partial charge in [0.15, 0.2) is 0 Å². The summed E-state index contributed by atoms with van der Waals surface area (Å²) in [5.41, 5.74) is -0.251. The Morgan fingerprint density at radius 2 is 1.85 bits per heavy atom. The molecule has 0 aliphatic rings. The zero-order valence-electron chi connectivity index (χ0n) is 12.3. The largest absolute Gasteiger partial charge is 0.444 e. The van der Waals surface area contributed by atoms with Crippen LogP contribution in [0.3, 0.4) is 0 Å². The van der Waals surface area contributed by atoms with E-state index in [1.165, 1.54) is 26.2 Å². The van der Waals surface area contributed by atoms with Gasteiger partial charge < -0.3 is 4.74 Å². The van der Waals surface area contributed by atoms with Gasteiger partial charge in [-0.15, -0.1) is 0 Å². The monoisotopic (exact) mass is 300 g/mol. The molecule has 0 aliphatic carbocycles. The summed E-state index contributed by atoms with van der Waals surface area (Å²) in [6.45, 7) is 5.25. The summed E-state index contributed by atoms with van der Waals surface area (Å²) in [5.74, 6) is 0. The van der Waals surface area contributed by atoms with Gasteiger partial charge in [0.05, 0.1) is 4.90 Å². The third kappa shape index (κ3) is 4.50. The van der Waals surface area contributed by atoms with Crippen molar-refractivity contribution in [1.82, 2.24) is 4.31 Å². The number of carbonyl (C=O) groups excluding carboxylic acids is 1. The van der Waals surface area contributed by atoms with Gasteiger partial charge in [-0.2, -0.15) is 0 Å². The minimum Gasteiger partial charge on any atom is -0.444 e. The molecule has 0 saturated heterocycles. The Bertz CT molecular complexity index is 589. The summed E-state index contributed by atoms with van der Waals surface area (Å²) >= 11 is 0. The number of nitrogens with one attached hydrogen (secondary N) is 1. The van der Waals surface area contributed by atoms with Crippen LogP contribution in [0.4, 0.5) is 10.5 Å². The highest BCUT2D eigenvalue weighted by Crippen LogP contribution is 2.18. The number of rotatable bonds is 3. The zero-order chi connectivity index (χ0) is 15.6. The maximum absolute atomic E-state index is 12.0. The second-order valence-electron chi connectivity index (χ2n) is 5.44. The molecule has 7 heteroatoms. The van der Waals surface area contributed by atoms with Crippen LogP contribution in [0.2, 0.25) is 0 Å². The average Bonchev–Trinajstić information content (AvgIpc) is 2.26. The smallest absolute Gasteiger partial charge is 0.412 e. The quantitative estimate of drug-likeness (QED) is 0.929. The number of sulfonamides is 1. The van der Waals surface area contributed by atoms with E-state index in [0.29, 0.717) is 5.69 Å². The van der Waals surface area contributed by atoms with Gasteiger partial charge in [0.1, 0.15) is 5.60 Å². The molecule has 0 unspecified atom stereocenters. The molecule has 1 aromatic carbocycles. The van der Waals surface area contributed by atoms with E-state index in [1.807, 2.05) is 0 Å². The van der Waals surface area contributed by atoms with Crippen LogP contribution < -0.4 is 5.32 Å². The molecule has 0 aliphatic heterocycles. The lowest BCUT2D eigenvalue weighted by atomic mass is 10.2. The Kier molecular flexibility index (Phi) is 4.77. The molecule has 0 spiro atoms. The van der Waals surface area contributed by atoms with Gasteiger partial charge in [-0.25, -0.2) is 17.5 Å². The maximum atomic E-state index is 12.0. The first-order valence-corrected chi connectivity index (χ1v) is 7.49. The molecule has 112 valence electrons. The molecular weight excluding hydrogens is 280 g/mol. The SMILES string of the molecule is CN(C)S(=O)(=O)c1cccc(NC(=O)OC(C)(C)C)c1. The van der Waals surface area contributed by atoms with Crippen molar-refractivity contribution < 1.29 is 17.9 Å². The highest BCUT2D eigenvalue weighted by Gasteiger charge is 2.19. The van der Waals surface area contributed by atoms with E-state index in [1.54, 1.807) is 32.9 Å². The fraction of sp³-hybridized carbons (Fsp3) is 0.462. The first-order valence-electron chi connectivity index (χ1n) is 6.05. The third-order valence-corrected chi connectivity index (χ3v) is 4.07. The molecule has 1 N–H and O–H groups in total. The second kappa shape index (κ2) is 5.80. The lowest BCUT2D eigenvalue weighted by Gasteiger charge is -2.20. The number of hydrogen-bond donors (Lipinski definition) is 1. The van der Waals surface area contributed by atoms with Gasteiger partial charge in [-0.1, -0.05) is 6.07 Å². The minimum absolute atomic E-state index is 0.107. The predicted molar refractivity (Wildman–Crippen MR) is 77.2 cm³/mol. The summed E-state index contributed by atoms with van der Waals surface area (Å²) in [6.07, 6.45) is -0.628. The highest BCUT2D eigenvalue weighted by molar-refractivity contribution is 7.89. The summed E-state index contributed by atoms with van der Waals surface area (Å²) in [6, 6.07) is 6.01. The molecule has 0 aromatic heterocycles. The van der Waals surface area contributed by atoms with Crippen LogP contribution in [0.15, 0.2) is 29.2 Å². The predicted octanol–water partition coefficient (Wildman–Crippen LogP) is 2.28. The van der Waals surface area contributed by atoms with Crippen molar-refractivity contribution in [3.63, 3.8) is 0 Å². The van der Waals surface area contributed by atoms with E-state index >= 15 is 0 Å². The molecule has 6 nitrogen and oxygen atoms in total. The second-order valence-corrected chi connectivity index (χ2v) is 7.59. The normalized spacial score (nSPS) is 12.3. The van der Waals surface area contributed by atoms with Crippen LogP contribution in [-0.4, -0.2) is 38.5 Å². The molecule has 0 saturated carbocycles. The first kappa shape index (κ1) is 16.5. The van der Waals surface area contributed by atoms with E-state index < -0.39 is 21.7 Å². The van der Waals surface area contributed by atoms with Crippen LogP contribution in [0.25, 0.3) is 0 Å². The molecule has 1 aromatic rings. The van der Waals surface area contributed by atoms with Gasteiger partial charge in [-0.05, 0) is 39.0 Å². The summed E-state index contributed by atoms with van der Waals surface area (Å²) < 4.78 is 30.2. The number of hydrogen-bond acceptors (Lipinski definition) is 4. The number of amides is 1. The summed E-state index contributed by atoms with van der Waals surface area (Å²) in [7, 11) is -0.634. The van der Waals surface area contributed by atoms with Crippen LogP contribution in [-0.2, 0) is 14.8 Å². The maximum Gasteiger partial charge on any atom is 0.412 e. The summed E-state index contributed by atoms with van der Waals surface area (Å²) in [4.78, 5) is 11.7. The van der Waals surface area contributed by atoms with Crippen molar-refractivity contribution in [3.05, 3.63) is 24.3 Å². The van der Waals surface area contributed by atoms with Gasteiger partial charge in [0.2, 0.25) is 10.0 Å². The number of carbonyl (C=O) groups is 1. The van der Waals surface area contributed by atoms with Gasteiger partial charge in [0.25, 0.3) is 0 Å². The Hall–Kier alpha value is -1.60. The number of nitrogens with zero attached hydrogens (tertiary/aromatic N) is 1. The van der Waals surface area contributed by atoms with Crippen LogP contribution in [0.5, 0.6) is 0 Å². The van der Waals surface area contributed by atoms with Crippen molar-refractivity contribution >= 4 is 21.8 Å². The van der Waals surface area contributed by atoms with E-state index in [4.69, 9.17) is 4.74 Å². The Balaban J connectivity index is 2.93. The molecule has 20 heavy (non-hydrogen) atoms. The van der Waals surface area contributed by atoms with E-state index in [2.05, 4.69) is 5.32 Å². The third-order valence-electron chi connectivity index (χ3n) is 2.26. The molecule has 0 bridgehead atoms. The van der Waals surface area contributed by atoms with Crippen LogP contribution in [0, 0.1) is 0 Å².